The van der Waals surface area contributed by atoms with Crippen LogP contribution in [0.1, 0.15) is 42.4 Å². The predicted octanol–water partition coefficient (Wildman–Crippen LogP) is 8.90. The van der Waals surface area contributed by atoms with Gasteiger partial charge in [-0.3, -0.25) is 0 Å². The molecule has 0 atom stereocenters. The standard InChI is InChI=1S/C34H28/c1-3-10-24(11-4-1)26-16-17-29-27(22-26)23-32-31(29)19-18-30(25-12-5-2-6-13-25)33(32)34(20-9-21-34)28-14-7-8-15-28/h1-8,10-14,16-19,22H,9,15,20-21,23H2. The van der Waals surface area contributed by atoms with Gasteiger partial charge in [-0.15, -0.1) is 0 Å². The Kier molecular flexibility index (Phi) is 4.49. The molecule has 0 aliphatic heterocycles. The van der Waals surface area contributed by atoms with Gasteiger partial charge in [-0.05, 0) is 75.8 Å². The highest BCUT2D eigenvalue weighted by atomic mass is 14.5. The van der Waals surface area contributed by atoms with Crippen molar-refractivity contribution in [2.75, 3.05) is 0 Å². The van der Waals surface area contributed by atoms with Gasteiger partial charge in [-0.2, -0.15) is 0 Å². The molecule has 0 radical (unpaired) electrons. The number of fused-ring (bicyclic) bond motifs is 3. The van der Waals surface area contributed by atoms with Crippen LogP contribution in [0.2, 0.25) is 0 Å². The van der Waals surface area contributed by atoms with E-state index in [1.807, 2.05) is 0 Å². The van der Waals surface area contributed by atoms with E-state index in [4.69, 9.17) is 0 Å². The monoisotopic (exact) mass is 436 g/mol. The van der Waals surface area contributed by atoms with Crippen molar-refractivity contribution in [3.63, 3.8) is 0 Å². The maximum Gasteiger partial charge on any atom is 0.0177 e. The zero-order valence-electron chi connectivity index (χ0n) is 19.4. The van der Waals surface area contributed by atoms with Gasteiger partial charge in [-0.25, -0.2) is 0 Å². The average Bonchev–Trinajstić information content (AvgIpc) is 3.53. The predicted molar refractivity (Wildman–Crippen MR) is 143 cm³/mol. The minimum Gasteiger partial charge on any atom is -0.0804 e. The van der Waals surface area contributed by atoms with E-state index in [0.29, 0.717) is 0 Å². The summed E-state index contributed by atoms with van der Waals surface area (Å²) in [4.78, 5) is 0. The molecule has 3 aliphatic rings. The van der Waals surface area contributed by atoms with E-state index in [2.05, 4.69) is 109 Å². The van der Waals surface area contributed by atoms with Gasteiger partial charge in [0.15, 0.2) is 0 Å². The van der Waals surface area contributed by atoms with E-state index in [9.17, 15) is 0 Å². The number of hydrogen-bond donors (Lipinski definition) is 0. The summed E-state index contributed by atoms with van der Waals surface area (Å²) in [6, 6.07) is 33.7. The molecule has 3 aliphatic carbocycles. The first-order valence-electron chi connectivity index (χ1n) is 12.6. The second kappa shape index (κ2) is 7.71. The van der Waals surface area contributed by atoms with Crippen LogP contribution in [0, 0.1) is 0 Å². The highest BCUT2D eigenvalue weighted by Gasteiger charge is 2.45. The van der Waals surface area contributed by atoms with Crippen molar-refractivity contribution in [1.29, 1.82) is 0 Å². The molecule has 0 saturated heterocycles. The van der Waals surface area contributed by atoms with Crippen LogP contribution in [0.15, 0.2) is 115 Å². The molecule has 0 unspecified atom stereocenters. The summed E-state index contributed by atoms with van der Waals surface area (Å²) in [5.41, 5.74) is 14.7. The van der Waals surface area contributed by atoms with Gasteiger partial charge >= 0.3 is 0 Å². The summed E-state index contributed by atoms with van der Waals surface area (Å²) in [5.74, 6) is 0. The smallest absolute Gasteiger partial charge is 0.0177 e. The Bertz CT molecular complexity index is 1450. The fourth-order valence-electron chi connectivity index (χ4n) is 6.56. The molecule has 7 rings (SSSR count). The van der Waals surface area contributed by atoms with Crippen molar-refractivity contribution < 1.29 is 0 Å². The van der Waals surface area contributed by atoms with Crippen LogP contribution in [0.4, 0.5) is 0 Å². The normalized spacial score (nSPS) is 17.1. The zero-order valence-corrected chi connectivity index (χ0v) is 19.4. The minimum absolute atomic E-state index is 0.185. The third-order valence-electron chi connectivity index (χ3n) is 8.34. The van der Waals surface area contributed by atoms with Crippen molar-refractivity contribution in [2.24, 2.45) is 0 Å². The maximum absolute atomic E-state index is 2.43. The first-order chi connectivity index (χ1) is 16.8. The van der Waals surface area contributed by atoms with Crippen LogP contribution in [0.25, 0.3) is 33.4 Å². The summed E-state index contributed by atoms with van der Waals surface area (Å²) in [7, 11) is 0. The Morgan fingerprint density at radius 1 is 0.618 bits per heavy atom. The van der Waals surface area contributed by atoms with E-state index >= 15 is 0 Å². The lowest BCUT2D eigenvalue weighted by molar-refractivity contribution is 0.291. The van der Waals surface area contributed by atoms with Gasteiger partial charge in [0.05, 0.1) is 0 Å². The van der Waals surface area contributed by atoms with Gasteiger partial charge in [0.25, 0.3) is 0 Å². The number of benzene rings is 4. The van der Waals surface area contributed by atoms with Crippen molar-refractivity contribution >= 4 is 0 Å². The van der Waals surface area contributed by atoms with Crippen molar-refractivity contribution in [3.8, 4) is 33.4 Å². The van der Waals surface area contributed by atoms with Crippen molar-refractivity contribution in [3.05, 3.63) is 131 Å². The molecular weight excluding hydrogens is 408 g/mol. The molecule has 0 spiro atoms. The summed E-state index contributed by atoms with van der Waals surface area (Å²) in [5, 5.41) is 0. The molecular formula is C34H28. The number of allylic oxidation sites excluding steroid dienone is 4. The first-order valence-corrected chi connectivity index (χ1v) is 12.6. The Morgan fingerprint density at radius 2 is 1.32 bits per heavy atom. The molecule has 34 heavy (non-hydrogen) atoms. The maximum atomic E-state index is 2.43. The quantitative estimate of drug-likeness (QED) is 0.264. The minimum atomic E-state index is 0.185. The van der Waals surface area contributed by atoms with Gasteiger partial charge in [0.1, 0.15) is 0 Å². The highest BCUT2D eigenvalue weighted by molar-refractivity contribution is 5.86. The number of hydrogen-bond acceptors (Lipinski definition) is 0. The number of rotatable bonds is 4. The molecule has 0 N–H and O–H groups in total. The van der Waals surface area contributed by atoms with E-state index in [1.54, 1.807) is 16.7 Å². The van der Waals surface area contributed by atoms with Crippen molar-refractivity contribution in [2.45, 2.75) is 37.5 Å². The summed E-state index contributed by atoms with van der Waals surface area (Å²) >= 11 is 0. The average molecular weight is 437 g/mol. The molecule has 0 amide bonds. The summed E-state index contributed by atoms with van der Waals surface area (Å²) in [6.45, 7) is 0. The lowest BCUT2D eigenvalue weighted by Crippen LogP contribution is -2.37. The molecule has 4 aromatic rings. The molecule has 0 bridgehead atoms. The van der Waals surface area contributed by atoms with Crippen LogP contribution in [-0.4, -0.2) is 0 Å². The molecule has 1 fully saturated rings. The summed E-state index contributed by atoms with van der Waals surface area (Å²) in [6.07, 6.45) is 13.0. The second-order valence-electron chi connectivity index (χ2n) is 10.1. The van der Waals surface area contributed by atoms with Gasteiger partial charge in [-0.1, -0.05) is 121 Å². The largest absolute Gasteiger partial charge is 0.0804 e. The van der Waals surface area contributed by atoms with Gasteiger partial charge in [0.2, 0.25) is 0 Å². The lowest BCUT2D eigenvalue weighted by atomic mass is 9.57. The lowest BCUT2D eigenvalue weighted by Gasteiger charge is -2.46. The van der Waals surface area contributed by atoms with E-state index in [-0.39, 0.29) is 5.41 Å². The third kappa shape index (κ3) is 2.91. The van der Waals surface area contributed by atoms with Crippen molar-refractivity contribution in [1.82, 2.24) is 0 Å². The Balaban J connectivity index is 1.42. The molecule has 0 heteroatoms. The van der Waals surface area contributed by atoms with Crippen LogP contribution in [-0.2, 0) is 11.8 Å². The molecule has 0 heterocycles. The fourth-order valence-corrected chi connectivity index (χ4v) is 6.56. The Labute approximate surface area is 202 Å². The van der Waals surface area contributed by atoms with Crippen LogP contribution < -0.4 is 0 Å². The van der Waals surface area contributed by atoms with Gasteiger partial charge < -0.3 is 0 Å². The SMILES string of the molecule is C1=CCC(C2(c3c(-c4ccccc4)ccc4c3Cc3cc(-c5ccccc5)ccc3-4)CCC2)=C1. The second-order valence-corrected chi connectivity index (χ2v) is 10.1. The van der Waals surface area contributed by atoms with Crippen LogP contribution >= 0.6 is 0 Å². The molecule has 0 nitrogen and oxygen atoms in total. The zero-order chi connectivity index (χ0) is 22.5. The molecule has 0 aromatic heterocycles. The third-order valence-corrected chi connectivity index (χ3v) is 8.34. The van der Waals surface area contributed by atoms with E-state index < -0.39 is 0 Å². The summed E-state index contributed by atoms with van der Waals surface area (Å²) < 4.78 is 0. The van der Waals surface area contributed by atoms with E-state index in [0.717, 1.165) is 12.8 Å². The molecule has 164 valence electrons. The highest BCUT2D eigenvalue weighted by Crippen LogP contribution is 2.57. The topological polar surface area (TPSA) is 0 Å². The van der Waals surface area contributed by atoms with Crippen LogP contribution in [0.5, 0.6) is 0 Å². The Hall–Kier alpha value is -3.64. The molecule has 4 aromatic carbocycles. The molecule has 1 saturated carbocycles. The van der Waals surface area contributed by atoms with Crippen LogP contribution in [0.3, 0.4) is 0 Å². The van der Waals surface area contributed by atoms with E-state index in [1.165, 1.54) is 58.2 Å². The first kappa shape index (κ1) is 19.8. The Morgan fingerprint density at radius 3 is 2.00 bits per heavy atom. The van der Waals surface area contributed by atoms with Gasteiger partial charge in [0, 0.05) is 5.41 Å². The fraction of sp³-hybridized carbons (Fsp3) is 0.176.